The van der Waals surface area contributed by atoms with E-state index in [1.807, 2.05) is 6.07 Å². The summed E-state index contributed by atoms with van der Waals surface area (Å²) in [5, 5.41) is 14.8. The number of halogens is 1. The maximum Gasteiger partial charge on any atom is 0.414 e. The van der Waals surface area contributed by atoms with E-state index >= 15 is 0 Å². The van der Waals surface area contributed by atoms with Crippen molar-refractivity contribution in [2.45, 2.75) is 32.6 Å². The van der Waals surface area contributed by atoms with Crippen molar-refractivity contribution in [3.05, 3.63) is 28.2 Å². The van der Waals surface area contributed by atoms with Gasteiger partial charge >= 0.3 is 11.9 Å². The minimum atomic E-state index is -1.82. The fraction of sp³-hybridized carbons (Fsp3) is 0.529. The van der Waals surface area contributed by atoms with Crippen LogP contribution in [0, 0.1) is 6.92 Å². The average Bonchev–Trinajstić information content (AvgIpc) is 2.54. The molecule has 6 nitrogen and oxygen atoms in total. The minimum absolute atomic E-state index is 0.804. The van der Waals surface area contributed by atoms with Gasteiger partial charge in [-0.25, -0.2) is 9.59 Å². The summed E-state index contributed by atoms with van der Waals surface area (Å²) in [6, 6.07) is 6.23. The third-order valence-electron chi connectivity index (χ3n) is 3.60. The number of piperidine rings is 1. The number of aliphatic carboxylic acids is 2. The monoisotopic (exact) mass is 401 g/mol. The lowest BCUT2D eigenvalue weighted by Gasteiger charge is -2.26. The lowest BCUT2D eigenvalue weighted by atomic mass is 10.1. The van der Waals surface area contributed by atoms with Gasteiger partial charge in [0, 0.05) is 6.54 Å². The van der Waals surface area contributed by atoms with Crippen molar-refractivity contribution in [2.75, 3.05) is 26.2 Å². The summed E-state index contributed by atoms with van der Waals surface area (Å²) in [6.45, 7) is 6.61. The molecule has 1 aromatic carbocycles. The molecule has 0 amide bonds. The van der Waals surface area contributed by atoms with Gasteiger partial charge in [0.15, 0.2) is 0 Å². The van der Waals surface area contributed by atoms with Crippen molar-refractivity contribution in [3.8, 4) is 5.75 Å². The van der Waals surface area contributed by atoms with Crippen LogP contribution in [-0.4, -0.2) is 53.3 Å². The summed E-state index contributed by atoms with van der Waals surface area (Å²) < 4.78 is 6.87. The summed E-state index contributed by atoms with van der Waals surface area (Å²) >= 11 is 3.54. The second-order valence-electron chi connectivity index (χ2n) is 5.65. The molecule has 1 aliphatic rings. The van der Waals surface area contributed by atoms with Gasteiger partial charge in [-0.1, -0.05) is 12.5 Å². The number of benzene rings is 1. The van der Waals surface area contributed by atoms with Gasteiger partial charge in [-0.2, -0.15) is 0 Å². The first-order chi connectivity index (χ1) is 11.4. The Kier molecular flexibility index (Phi) is 9.41. The first-order valence-electron chi connectivity index (χ1n) is 7.97. The van der Waals surface area contributed by atoms with Crippen molar-refractivity contribution in [3.63, 3.8) is 0 Å². The maximum atomic E-state index is 9.10. The highest BCUT2D eigenvalue weighted by atomic mass is 79.9. The van der Waals surface area contributed by atoms with Crippen LogP contribution in [0.25, 0.3) is 0 Å². The van der Waals surface area contributed by atoms with E-state index in [2.05, 4.69) is 39.9 Å². The molecule has 0 aliphatic carbocycles. The molecule has 1 heterocycles. The number of ether oxygens (including phenoxy) is 1. The standard InChI is InChI=1S/C15H22BrNO.C2H2O4/c1-13-6-7-15(14(16)12-13)18-11-5-10-17-8-3-2-4-9-17;3-1(4)2(5)6/h6-7,12H,2-5,8-11H2,1H3;(H,3,4)(H,5,6). The molecule has 0 atom stereocenters. The summed E-state index contributed by atoms with van der Waals surface area (Å²) in [7, 11) is 0. The predicted molar refractivity (Wildman–Crippen MR) is 94.6 cm³/mol. The highest BCUT2D eigenvalue weighted by Gasteiger charge is 2.09. The number of rotatable bonds is 5. The molecule has 0 radical (unpaired) electrons. The third-order valence-corrected chi connectivity index (χ3v) is 4.21. The van der Waals surface area contributed by atoms with E-state index in [-0.39, 0.29) is 0 Å². The molecule has 7 heteroatoms. The molecule has 0 bridgehead atoms. The van der Waals surface area contributed by atoms with E-state index in [1.165, 1.54) is 44.5 Å². The molecule has 0 unspecified atom stereocenters. The first kappa shape index (κ1) is 20.4. The zero-order valence-corrected chi connectivity index (χ0v) is 15.4. The Bertz CT molecular complexity index is 532. The molecule has 1 aliphatic heterocycles. The normalized spacial score (nSPS) is 14.4. The number of carboxylic acids is 2. The molecule has 0 spiro atoms. The molecule has 1 fully saturated rings. The Hall–Kier alpha value is -1.60. The van der Waals surface area contributed by atoms with Crippen LogP contribution >= 0.6 is 15.9 Å². The van der Waals surface area contributed by atoms with Gasteiger partial charge in [-0.3, -0.25) is 0 Å². The maximum absolute atomic E-state index is 9.10. The van der Waals surface area contributed by atoms with Crippen molar-refractivity contribution in [1.29, 1.82) is 0 Å². The van der Waals surface area contributed by atoms with E-state index in [9.17, 15) is 0 Å². The van der Waals surface area contributed by atoms with Crippen LogP contribution in [-0.2, 0) is 9.59 Å². The predicted octanol–water partition coefficient (Wildman–Crippen LogP) is 3.17. The fourth-order valence-electron chi connectivity index (χ4n) is 2.38. The first-order valence-corrected chi connectivity index (χ1v) is 8.77. The van der Waals surface area contributed by atoms with Crippen LogP contribution in [0.3, 0.4) is 0 Å². The zero-order valence-electron chi connectivity index (χ0n) is 13.8. The number of carboxylic acid groups (broad SMARTS) is 2. The molecule has 1 saturated heterocycles. The van der Waals surface area contributed by atoms with E-state index in [0.29, 0.717) is 0 Å². The molecular weight excluding hydrogens is 378 g/mol. The number of nitrogens with zero attached hydrogens (tertiary/aromatic N) is 1. The summed E-state index contributed by atoms with van der Waals surface area (Å²) in [4.78, 5) is 20.8. The fourth-order valence-corrected chi connectivity index (χ4v) is 2.98. The van der Waals surface area contributed by atoms with Crippen molar-refractivity contribution >= 4 is 27.9 Å². The number of carbonyl (C=O) groups is 2. The van der Waals surface area contributed by atoms with E-state index < -0.39 is 11.9 Å². The molecular formula is C17H24BrNO5. The van der Waals surface area contributed by atoms with Crippen molar-refractivity contribution in [2.24, 2.45) is 0 Å². The third kappa shape index (κ3) is 8.31. The molecule has 0 saturated carbocycles. The Morgan fingerprint density at radius 1 is 1.17 bits per heavy atom. The van der Waals surface area contributed by atoms with E-state index in [0.717, 1.165) is 23.2 Å². The summed E-state index contributed by atoms with van der Waals surface area (Å²) in [5.41, 5.74) is 1.25. The molecule has 2 N–H and O–H groups in total. The van der Waals surface area contributed by atoms with Crippen molar-refractivity contribution < 1.29 is 24.5 Å². The number of hydrogen-bond acceptors (Lipinski definition) is 4. The molecule has 1 aromatic rings. The van der Waals surface area contributed by atoms with Gasteiger partial charge in [0.1, 0.15) is 5.75 Å². The van der Waals surface area contributed by atoms with E-state index in [4.69, 9.17) is 24.5 Å². The van der Waals surface area contributed by atoms with Gasteiger partial charge < -0.3 is 19.8 Å². The molecule has 2 rings (SSSR count). The van der Waals surface area contributed by atoms with E-state index in [1.54, 1.807) is 0 Å². The van der Waals surface area contributed by atoms with Gasteiger partial charge in [0.2, 0.25) is 0 Å². The van der Waals surface area contributed by atoms with Crippen molar-refractivity contribution in [1.82, 2.24) is 4.90 Å². The van der Waals surface area contributed by atoms with Gasteiger partial charge in [-0.05, 0) is 72.9 Å². The Morgan fingerprint density at radius 3 is 2.33 bits per heavy atom. The Balaban J connectivity index is 0.000000413. The van der Waals surface area contributed by atoms with Crippen LogP contribution in [0.15, 0.2) is 22.7 Å². The van der Waals surface area contributed by atoms with Crippen LogP contribution in [0.4, 0.5) is 0 Å². The Morgan fingerprint density at radius 2 is 1.79 bits per heavy atom. The average molecular weight is 402 g/mol. The van der Waals surface area contributed by atoms with Gasteiger partial charge in [-0.15, -0.1) is 0 Å². The van der Waals surface area contributed by atoms with Gasteiger partial charge in [0.05, 0.1) is 11.1 Å². The SMILES string of the molecule is Cc1ccc(OCCCN2CCCCC2)c(Br)c1.O=C(O)C(=O)O. The molecule has 0 aromatic heterocycles. The number of aryl methyl sites for hydroxylation is 1. The highest BCUT2D eigenvalue weighted by Crippen LogP contribution is 2.25. The van der Waals surface area contributed by atoms with Gasteiger partial charge in [0.25, 0.3) is 0 Å². The molecule has 24 heavy (non-hydrogen) atoms. The second-order valence-corrected chi connectivity index (χ2v) is 6.50. The topological polar surface area (TPSA) is 87.1 Å². The Labute approximate surface area is 150 Å². The van der Waals surface area contributed by atoms with Crippen LogP contribution < -0.4 is 4.74 Å². The van der Waals surface area contributed by atoms with Crippen LogP contribution in [0.1, 0.15) is 31.2 Å². The number of likely N-dealkylation sites (tertiary alicyclic amines) is 1. The summed E-state index contributed by atoms with van der Waals surface area (Å²) in [6.07, 6.45) is 5.25. The highest BCUT2D eigenvalue weighted by molar-refractivity contribution is 9.10. The quantitative estimate of drug-likeness (QED) is 0.581. The lowest BCUT2D eigenvalue weighted by molar-refractivity contribution is -0.159. The van der Waals surface area contributed by atoms with Crippen LogP contribution in [0.5, 0.6) is 5.75 Å². The smallest absolute Gasteiger partial charge is 0.414 e. The lowest BCUT2D eigenvalue weighted by Crippen LogP contribution is -2.31. The minimum Gasteiger partial charge on any atom is -0.492 e. The molecule has 134 valence electrons. The number of hydrogen-bond donors (Lipinski definition) is 2. The largest absolute Gasteiger partial charge is 0.492 e. The summed E-state index contributed by atoms with van der Waals surface area (Å²) in [5.74, 6) is -2.69. The van der Waals surface area contributed by atoms with Crippen LogP contribution in [0.2, 0.25) is 0 Å². The zero-order chi connectivity index (χ0) is 17.9. The second kappa shape index (κ2) is 11.0.